The number of hydrogen-bond donors (Lipinski definition) is 2. The number of ether oxygens (including phenoxy) is 2. The highest BCUT2D eigenvalue weighted by atomic mass is 31.2. The van der Waals surface area contributed by atoms with Gasteiger partial charge in [-0.15, -0.1) is 0 Å². The van der Waals surface area contributed by atoms with Crippen molar-refractivity contribution in [1.82, 2.24) is 0 Å². The zero-order valence-electron chi connectivity index (χ0n) is 45.7. The van der Waals surface area contributed by atoms with Crippen LogP contribution in [0.5, 0.6) is 0 Å². The lowest BCUT2D eigenvalue weighted by atomic mass is 10.0. The topological polar surface area (TPSA) is 134 Å². The van der Waals surface area contributed by atoms with E-state index < -0.39 is 26.5 Å². The first-order valence-electron chi connectivity index (χ1n) is 29.1. The van der Waals surface area contributed by atoms with Gasteiger partial charge in [0.15, 0.2) is 6.10 Å². The molecule has 71 heavy (non-hydrogen) atoms. The molecule has 10 heteroatoms. The summed E-state index contributed by atoms with van der Waals surface area (Å²) in [4.78, 5) is 35.2. The predicted molar refractivity (Wildman–Crippen MR) is 302 cm³/mol. The normalized spacial score (nSPS) is 13.7. The van der Waals surface area contributed by atoms with Crippen molar-refractivity contribution in [2.24, 2.45) is 5.73 Å². The number of carbonyl (C=O) groups excluding carboxylic acids is 2. The highest BCUT2D eigenvalue weighted by Crippen LogP contribution is 2.43. The third-order valence-electron chi connectivity index (χ3n) is 12.3. The van der Waals surface area contributed by atoms with Gasteiger partial charge in [-0.25, -0.2) is 4.57 Å². The van der Waals surface area contributed by atoms with Gasteiger partial charge < -0.3 is 20.1 Å². The van der Waals surface area contributed by atoms with Gasteiger partial charge in [-0.1, -0.05) is 259 Å². The van der Waals surface area contributed by atoms with Crippen LogP contribution in [0.1, 0.15) is 258 Å². The second-order valence-electron chi connectivity index (χ2n) is 19.1. The Hall–Kier alpha value is -2.81. The monoisotopic (exact) mass is 1010 g/mol. The zero-order chi connectivity index (χ0) is 51.7. The van der Waals surface area contributed by atoms with Crippen LogP contribution in [-0.4, -0.2) is 49.3 Å². The van der Waals surface area contributed by atoms with E-state index in [1.165, 1.54) is 135 Å². The van der Waals surface area contributed by atoms with Crippen molar-refractivity contribution in [2.45, 2.75) is 264 Å². The molecular formula is C61H108NO8P. The lowest BCUT2D eigenvalue weighted by Crippen LogP contribution is -2.29. The number of nitrogens with two attached hydrogens (primary N) is 1. The van der Waals surface area contributed by atoms with Crippen LogP contribution in [0, 0.1) is 0 Å². The van der Waals surface area contributed by atoms with E-state index in [4.69, 9.17) is 24.3 Å². The smallest absolute Gasteiger partial charge is 0.462 e. The average Bonchev–Trinajstić information content (AvgIpc) is 3.36. The van der Waals surface area contributed by atoms with Crippen molar-refractivity contribution in [1.29, 1.82) is 0 Å². The molecule has 0 rings (SSSR count). The van der Waals surface area contributed by atoms with Crippen LogP contribution in [0.4, 0.5) is 0 Å². The summed E-state index contributed by atoms with van der Waals surface area (Å²) in [5.41, 5.74) is 5.38. The van der Waals surface area contributed by atoms with Crippen molar-refractivity contribution in [3.63, 3.8) is 0 Å². The lowest BCUT2D eigenvalue weighted by molar-refractivity contribution is -0.161. The standard InChI is InChI=1S/C61H108NO8P/c1-3-5-7-9-11-13-15-17-19-21-22-23-24-25-26-27-28-29-30-31-32-33-34-35-36-38-40-42-44-46-48-50-52-54-61(64)70-59(58-69-71(65,66)68-56-55-62)57-67-60(63)53-51-49-47-45-43-41-39-37-20-18-16-14-12-10-8-6-4-2/h5,7,11,13,17,19,22-23,25-26,28-29,31-32,59H,3-4,6,8-10,12,14-16,18,20-21,24,27,30,33-58,62H2,1-2H3,(H,65,66)/b7-5-,13-11-,19-17-,23-22-,26-25-,29-28-,32-31-. The second kappa shape index (κ2) is 56.5. The molecule has 9 nitrogen and oxygen atoms in total. The minimum absolute atomic E-state index is 0.0512. The molecule has 2 unspecified atom stereocenters. The molecule has 0 aromatic carbocycles. The first-order chi connectivity index (χ1) is 34.8. The molecule has 0 saturated carbocycles. The molecule has 0 heterocycles. The van der Waals surface area contributed by atoms with Crippen LogP contribution in [0.2, 0.25) is 0 Å². The Balaban J connectivity index is 3.97. The molecule has 0 aliphatic rings. The number of carbonyl (C=O) groups is 2. The SMILES string of the molecule is CC/C=C\C/C=C\C/C=C\C/C=C\C/C=C\C/C=C\C/C=C\CCCCCCCCCCCCCC(=O)OC(COC(=O)CCCCCCCCCCCCCCCCCCC)COP(=O)(O)OCCN. The summed E-state index contributed by atoms with van der Waals surface area (Å²) in [5, 5.41) is 0. The molecule has 0 bridgehead atoms. The van der Waals surface area contributed by atoms with Crippen molar-refractivity contribution in [2.75, 3.05) is 26.4 Å². The number of rotatable bonds is 54. The summed E-state index contributed by atoms with van der Waals surface area (Å²) in [5.74, 6) is -0.825. The summed E-state index contributed by atoms with van der Waals surface area (Å²) >= 11 is 0. The van der Waals surface area contributed by atoms with E-state index in [0.717, 1.165) is 89.9 Å². The van der Waals surface area contributed by atoms with Gasteiger partial charge in [-0.05, 0) is 70.6 Å². The first-order valence-corrected chi connectivity index (χ1v) is 30.6. The number of phosphoric ester groups is 1. The maximum absolute atomic E-state index is 12.7. The van der Waals surface area contributed by atoms with Crippen LogP contribution < -0.4 is 5.73 Å². The highest BCUT2D eigenvalue weighted by Gasteiger charge is 2.26. The Morgan fingerprint density at radius 2 is 0.775 bits per heavy atom. The molecule has 3 N–H and O–H groups in total. The number of allylic oxidation sites excluding steroid dienone is 14. The molecule has 0 aliphatic heterocycles. The molecule has 0 aromatic heterocycles. The van der Waals surface area contributed by atoms with E-state index >= 15 is 0 Å². The molecule has 0 amide bonds. The Morgan fingerprint density at radius 1 is 0.437 bits per heavy atom. The molecule has 0 saturated heterocycles. The van der Waals surface area contributed by atoms with Gasteiger partial charge in [0.1, 0.15) is 6.61 Å². The zero-order valence-corrected chi connectivity index (χ0v) is 46.6. The van der Waals surface area contributed by atoms with Crippen LogP contribution in [0.25, 0.3) is 0 Å². The van der Waals surface area contributed by atoms with E-state index in [-0.39, 0.29) is 38.6 Å². The van der Waals surface area contributed by atoms with Gasteiger partial charge in [-0.3, -0.25) is 18.6 Å². The van der Waals surface area contributed by atoms with Crippen LogP contribution in [0.3, 0.4) is 0 Å². The van der Waals surface area contributed by atoms with Crippen LogP contribution >= 0.6 is 7.82 Å². The molecule has 2 atom stereocenters. The molecule has 0 radical (unpaired) electrons. The van der Waals surface area contributed by atoms with Crippen molar-refractivity contribution in [3.05, 3.63) is 85.1 Å². The van der Waals surface area contributed by atoms with E-state index in [1.807, 2.05) is 0 Å². The maximum atomic E-state index is 12.7. The van der Waals surface area contributed by atoms with Gasteiger partial charge in [0, 0.05) is 19.4 Å². The van der Waals surface area contributed by atoms with Crippen molar-refractivity contribution >= 4 is 19.8 Å². The molecule has 410 valence electrons. The lowest BCUT2D eigenvalue weighted by Gasteiger charge is -2.19. The fourth-order valence-corrected chi connectivity index (χ4v) is 8.79. The van der Waals surface area contributed by atoms with Crippen molar-refractivity contribution < 1.29 is 37.6 Å². The number of hydrogen-bond acceptors (Lipinski definition) is 8. The third-order valence-corrected chi connectivity index (χ3v) is 13.3. The summed E-state index contributed by atoms with van der Waals surface area (Å²) in [6.45, 7) is 3.65. The quantitative estimate of drug-likeness (QED) is 0.0264. The molecular weight excluding hydrogens is 906 g/mol. The number of unbranched alkanes of at least 4 members (excludes halogenated alkanes) is 27. The van der Waals surface area contributed by atoms with E-state index in [9.17, 15) is 19.0 Å². The third kappa shape index (κ3) is 56.3. The summed E-state index contributed by atoms with van der Waals surface area (Å²) in [6.07, 6.45) is 73.5. The van der Waals surface area contributed by atoms with E-state index in [0.29, 0.717) is 6.42 Å². The fourth-order valence-electron chi connectivity index (χ4n) is 8.03. The van der Waals surface area contributed by atoms with Crippen LogP contribution in [-0.2, 0) is 32.7 Å². The Labute approximate surface area is 436 Å². The Morgan fingerprint density at radius 3 is 1.15 bits per heavy atom. The maximum Gasteiger partial charge on any atom is 0.472 e. The summed E-state index contributed by atoms with van der Waals surface area (Å²) < 4.78 is 33.0. The molecule has 0 fully saturated rings. The van der Waals surface area contributed by atoms with Crippen LogP contribution in [0.15, 0.2) is 85.1 Å². The van der Waals surface area contributed by atoms with E-state index in [2.05, 4.69) is 98.9 Å². The molecule has 0 aromatic rings. The van der Waals surface area contributed by atoms with E-state index in [1.54, 1.807) is 0 Å². The Kier molecular flexibility index (Phi) is 54.2. The van der Waals surface area contributed by atoms with Gasteiger partial charge in [0.25, 0.3) is 0 Å². The highest BCUT2D eigenvalue weighted by molar-refractivity contribution is 7.47. The Bertz CT molecular complexity index is 1440. The second-order valence-corrected chi connectivity index (χ2v) is 20.6. The minimum Gasteiger partial charge on any atom is -0.462 e. The molecule has 0 aliphatic carbocycles. The predicted octanol–water partition coefficient (Wildman–Crippen LogP) is 18.3. The van der Waals surface area contributed by atoms with Gasteiger partial charge in [-0.2, -0.15) is 0 Å². The average molecular weight is 1010 g/mol. The van der Waals surface area contributed by atoms with Gasteiger partial charge in [0.2, 0.25) is 0 Å². The molecule has 0 spiro atoms. The minimum atomic E-state index is -4.39. The van der Waals surface area contributed by atoms with Gasteiger partial charge in [0.05, 0.1) is 13.2 Å². The number of esters is 2. The largest absolute Gasteiger partial charge is 0.472 e. The summed E-state index contributed by atoms with van der Waals surface area (Å²) in [6, 6.07) is 0. The first kappa shape index (κ1) is 68.2. The number of phosphoric acid groups is 1. The summed E-state index contributed by atoms with van der Waals surface area (Å²) in [7, 11) is -4.39. The van der Waals surface area contributed by atoms with Gasteiger partial charge >= 0.3 is 19.8 Å². The fraction of sp³-hybridized carbons (Fsp3) is 0.738. The van der Waals surface area contributed by atoms with Crippen molar-refractivity contribution in [3.8, 4) is 0 Å².